The fourth-order valence-corrected chi connectivity index (χ4v) is 4.57. The molecule has 0 bridgehead atoms. The Balaban J connectivity index is 1.78. The molecule has 0 saturated heterocycles. The summed E-state index contributed by atoms with van der Waals surface area (Å²) >= 11 is 18.9. The lowest BCUT2D eigenvalue weighted by Gasteiger charge is -2.26. The number of aromatic nitrogens is 3. The Bertz CT molecular complexity index is 1130. The second kappa shape index (κ2) is 10.4. The smallest absolute Gasteiger partial charge is 0.245 e. The summed E-state index contributed by atoms with van der Waals surface area (Å²) in [5, 5.41) is 12.5. The van der Waals surface area contributed by atoms with E-state index in [1.54, 1.807) is 29.7 Å². The lowest BCUT2D eigenvalue weighted by Crippen LogP contribution is -2.42. The van der Waals surface area contributed by atoms with Crippen molar-refractivity contribution in [3.63, 3.8) is 0 Å². The summed E-state index contributed by atoms with van der Waals surface area (Å²) in [6.07, 6.45) is 0.696. The topological polar surface area (TPSA) is 83.0 Å². The van der Waals surface area contributed by atoms with Crippen LogP contribution in [0.1, 0.15) is 26.3 Å². The van der Waals surface area contributed by atoms with Crippen LogP contribution in [-0.2, 0) is 9.59 Å². The average molecular weight is 498 g/mol. The third-order valence-corrected chi connectivity index (χ3v) is 6.24. The van der Waals surface area contributed by atoms with Crippen LogP contribution >= 0.6 is 46.8 Å². The van der Waals surface area contributed by atoms with Gasteiger partial charge in [-0.05, 0) is 55.2 Å². The quantitative estimate of drug-likeness (QED) is 0.407. The third-order valence-electron chi connectivity index (χ3n) is 4.54. The van der Waals surface area contributed by atoms with Gasteiger partial charge in [0, 0.05) is 11.6 Å². The molecule has 0 spiro atoms. The molecule has 31 heavy (non-hydrogen) atoms. The van der Waals surface area contributed by atoms with Crippen molar-refractivity contribution < 1.29 is 9.59 Å². The van der Waals surface area contributed by atoms with Crippen LogP contribution in [0.5, 0.6) is 0 Å². The van der Waals surface area contributed by atoms with Crippen LogP contribution in [0.15, 0.2) is 35.7 Å². The summed E-state index contributed by atoms with van der Waals surface area (Å²) in [6.45, 7) is 4.00. The van der Waals surface area contributed by atoms with Crippen LogP contribution in [0.25, 0.3) is 10.7 Å². The van der Waals surface area contributed by atoms with E-state index < -0.39 is 6.04 Å². The summed E-state index contributed by atoms with van der Waals surface area (Å²) < 4.78 is 2.03. The minimum Gasteiger partial charge on any atom is -0.332 e. The van der Waals surface area contributed by atoms with E-state index in [9.17, 15) is 9.59 Å². The second-order valence-corrected chi connectivity index (χ2v) is 8.99. The molecular weight excluding hydrogens is 477 g/mol. The molecule has 0 aliphatic carbocycles. The Morgan fingerprint density at radius 2 is 2.13 bits per heavy atom. The lowest BCUT2D eigenvalue weighted by molar-refractivity contribution is -0.137. The molecule has 1 unspecified atom stereocenters. The number of aromatic amines is 1. The van der Waals surface area contributed by atoms with Crippen LogP contribution < -0.4 is 5.32 Å². The molecule has 3 aromatic rings. The van der Waals surface area contributed by atoms with E-state index in [-0.39, 0.29) is 18.4 Å². The average Bonchev–Trinajstić information content (AvgIpc) is 3.38. The Morgan fingerprint density at radius 3 is 2.77 bits per heavy atom. The van der Waals surface area contributed by atoms with E-state index in [1.165, 1.54) is 16.2 Å². The first-order valence-corrected chi connectivity index (χ1v) is 11.6. The number of thiophene rings is 1. The zero-order chi connectivity index (χ0) is 22.5. The predicted molar refractivity (Wildman–Crippen MR) is 127 cm³/mol. The number of nitrogens with one attached hydrogen (secondary N) is 2. The van der Waals surface area contributed by atoms with Gasteiger partial charge in [-0.1, -0.05) is 36.2 Å². The number of halogens is 2. The normalized spacial score (nSPS) is 11.9. The van der Waals surface area contributed by atoms with E-state index in [2.05, 4.69) is 15.5 Å². The maximum Gasteiger partial charge on any atom is 0.245 e. The fraction of sp³-hybridized carbons (Fsp3) is 0.300. The molecule has 2 heterocycles. The maximum atomic E-state index is 13.3. The van der Waals surface area contributed by atoms with E-state index in [1.807, 2.05) is 24.4 Å². The van der Waals surface area contributed by atoms with Gasteiger partial charge < -0.3 is 10.2 Å². The van der Waals surface area contributed by atoms with E-state index in [0.717, 1.165) is 4.88 Å². The van der Waals surface area contributed by atoms with Crippen molar-refractivity contribution in [2.45, 2.75) is 26.3 Å². The highest BCUT2D eigenvalue weighted by Gasteiger charge is 2.27. The number of carbonyl (C=O) groups is 2. The first kappa shape index (κ1) is 23.5. The maximum absolute atomic E-state index is 13.3. The van der Waals surface area contributed by atoms with Gasteiger partial charge in [0.05, 0.1) is 22.1 Å². The first-order chi connectivity index (χ1) is 14.8. The van der Waals surface area contributed by atoms with Crippen LogP contribution in [0.3, 0.4) is 0 Å². The van der Waals surface area contributed by atoms with Gasteiger partial charge in [-0.2, -0.15) is 5.10 Å². The molecule has 11 heteroatoms. The number of benzene rings is 1. The number of hydrogen-bond acceptors (Lipinski definition) is 5. The standard InChI is InChI=1S/C20H21Cl2N5O2S2/c1-3-8-26(11-17(28)23-15-7-6-13(21)10-14(15)22)19(29)12(2)27-18(24-25-20(27)30)16-5-4-9-31-16/h4-7,9-10,12H,3,8,11H2,1-2H3,(H,23,28)(H,25,30). The summed E-state index contributed by atoms with van der Waals surface area (Å²) in [6, 6.07) is 7.98. The molecular formula is C20H21Cl2N5O2S2. The summed E-state index contributed by atoms with van der Waals surface area (Å²) in [5.41, 5.74) is 0.435. The van der Waals surface area contributed by atoms with Crippen molar-refractivity contribution >= 4 is 64.3 Å². The van der Waals surface area contributed by atoms with Gasteiger partial charge in [0.25, 0.3) is 0 Å². The largest absolute Gasteiger partial charge is 0.332 e. The molecule has 0 radical (unpaired) electrons. The zero-order valence-corrected chi connectivity index (χ0v) is 20.0. The summed E-state index contributed by atoms with van der Waals surface area (Å²) in [4.78, 5) is 28.3. The number of hydrogen-bond donors (Lipinski definition) is 2. The first-order valence-electron chi connectivity index (χ1n) is 9.56. The lowest BCUT2D eigenvalue weighted by atomic mass is 10.2. The van der Waals surface area contributed by atoms with Crippen molar-refractivity contribution in [2.75, 3.05) is 18.4 Å². The van der Waals surface area contributed by atoms with E-state index in [0.29, 0.717) is 39.3 Å². The molecule has 2 aromatic heterocycles. The number of rotatable bonds is 8. The fourth-order valence-electron chi connectivity index (χ4n) is 3.11. The van der Waals surface area contributed by atoms with Crippen LogP contribution in [0.4, 0.5) is 5.69 Å². The second-order valence-electron chi connectivity index (χ2n) is 6.81. The zero-order valence-electron chi connectivity index (χ0n) is 16.9. The van der Waals surface area contributed by atoms with Gasteiger partial charge in [-0.15, -0.1) is 11.3 Å². The van der Waals surface area contributed by atoms with Crippen LogP contribution in [-0.4, -0.2) is 44.6 Å². The van der Waals surface area contributed by atoms with Crippen molar-refractivity contribution in [1.29, 1.82) is 0 Å². The SMILES string of the molecule is CCCN(CC(=O)Nc1ccc(Cl)cc1Cl)C(=O)C(C)n1c(-c2cccs2)n[nH]c1=S. The van der Waals surface area contributed by atoms with E-state index in [4.69, 9.17) is 35.4 Å². The minimum absolute atomic E-state index is 0.116. The Morgan fingerprint density at radius 1 is 1.35 bits per heavy atom. The Hall–Kier alpha value is -2.20. The number of carbonyl (C=O) groups excluding carboxylic acids is 2. The van der Waals surface area contributed by atoms with Crippen LogP contribution in [0.2, 0.25) is 10.0 Å². The molecule has 0 fully saturated rings. The highest BCUT2D eigenvalue weighted by molar-refractivity contribution is 7.71. The number of amides is 2. The Labute approximate surface area is 199 Å². The number of nitrogens with zero attached hydrogens (tertiary/aromatic N) is 3. The third kappa shape index (κ3) is 5.54. The number of H-pyrrole nitrogens is 1. The van der Waals surface area contributed by atoms with Gasteiger partial charge in [0.2, 0.25) is 11.8 Å². The van der Waals surface area contributed by atoms with Gasteiger partial charge in [-0.3, -0.25) is 19.3 Å². The van der Waals surface area contributed by atoms with Crippen molar-refractivity contribution in [3.05, 3.63) is 50.5 Å². The van der Waals surface area contributed by atoms with Gasteiger partial charge >= 0.3 is 0 Å². The van der Waals surface area contributed by atoms with Crippen molar-refractivity contribution in [3.8, 4) is 10.7 Å². The molecule has 7 nitrogen and oxygen atoms in total. The minimum atomic E-state index is -0.637. The monoisotopic (exact) mass is 497 g/mol. The number of anilines is 1. The molecule has 1 aromatic carbocycles. The summed E-state index contributed by atoms with van der Waals surface area (Å²) in [5.74, 6) is 0.0108. The molecule has 3 rings (SSSR count). The highest BCUT2D eigenvalue weighted by atomic mass is 35.5. The Kier molecular flexibility index (Phi) is 7.88. The molecule has 0 aliphatic rings. The molecule has 0 aliphatic heterocycles. The van der Waals surface area contributed by atoms with Gasteiger partial charge in [0.15, 0.2) is 10.6 Å². The van der Waals surface area contributed by atoms with Gasteiger partial charge in [0.1, 0.15) is 6.04 Å². The van der Waals surface area contributed by atoms with Crippen LogP contribution in [0, 0.1) is 4.77 Å². The predicted octanol–water partition coefficient (Wildman–Crippen LogP) is 5.41. The molecule has 164 valence electrons. The molecule has 1 atom stereocenters. The molecule has 2 N–H and O–H groups in total. The van der Waals surface area contributed by atoms with Crippen molar-refractivity contribution in [2.24, 2.45) is 0 Å². The van der Waals surface area contributed by atoms with E-state index >= 15 is 0 Å². The van der Waals surface area contributed by atoms with Gasteiger partial charge in [-0.25, -0.2) is 0 Å². The highest BCUT2D eigenvalue weighted by Crippen LogP contribution is 2.27. The molecule has 2 amide bonds. The molecule has 0 saturated carbocycles. The summed E-state index contributed by atoms with van der Waals surface area (Å²) in [7, 11) is 0. The van der Waals surface area contributed by atoms with Crippen molar-refractivity contribution in [1.82, 2.24) is 19.7 Å².